The molecule has 140 valence electrons. The molecule has 0 saturated heterocycles. The van der Waals surface area contributed by atoms with Crippen molar-refractivity contribution in [1.29, 1.82) is 0 Å². The SMILES string of the molecule is COc1cc(N)c(Cl)cc1C(=O)NCCCCc1nc(C)cs1.Cl.Cl. The van der Waals surface area contributed by atoms with E-state index in [1.165, 1.54) is 13.2 Å². The normalized spacial score (nSPS) is 9.72. The first-order chi connectivity index (χ1) is 11.0. The van der Waals surface area contributed by atoms with Gasteiger partial charge >= 0.3 is 0 Å². The first-order valence-electron chi connectivity index (χ1n) is 7.33. The average Bonchev–Trinajstić information content (AvgIpc) is 2.94. The van der Waals surface area contributed by atoms with Crippen molar-refractivity contribution in [3.8, 4) is 5.75 Å². The number of hydrogen-bond acceptors (Lipinski definition) is 5. The van der Waals surface area contributed by atoms with Crippen LogP contribution in [0, 0.1) is 6.92 Å². The summed E-state index contributed by atoms with van der Waals surface area (Å²) in [5.74, 6) is 0.205. The van der Waals surface area contributed by atoms with Crippen molar-refractivity contribution >= 4 is 59.3 Å². The maximum Gasteiger partial charge on any atom is 0.255 e. The first-order valence-corrected chi connectivity index (χ1v) is 8.59. The second kappa shape index (κ2) is 11.4. The number of amides is 1. The summed E-state index contributed by atoms with van der Waals surface area (Å²) in [6, 6.07) is 3.09. The zero-order valence-corrected chi connectivity index (χ0v) is 17.2. The molecule has 3 N–H and O–H groups in total. The number of ether oxygens (including phenoxy) is 1. The fourth-order valence-electron chi connectivity index (χ4n) is 2.13. The van der Waals surface area contributed by atoms with E-state index in [4.69, 9.17) is 22.1 Å². The summed E-state index contributed by atoms with van der Waals surface area (Å²) < 4.78 is 5.18. The lowest BCUT2D eigenvalue weighted by Gasteiger charge is -2.11. The Morgan fingerprint density at radius 3 is 2.68 bits per heavy atom. The summed E-state index contributed by atoms with van der Waals surface area (Å²) >= 11 is 7.65. The number of anilines is 1. The van der Waals surface area contributed by atoms with Gasteiger partial charge in [0, 0.05) is 23.7 Å². The lowest BCUT2D eigenvalue weighted by atomic mass is 10.1. The zero-order valence-electron chi connectivity index (χ0n) is 14.0. The van der Waals surface area contributed by atoms with Gasteiger partial charge in [-0.05, 0) is 32.3 Å². The van der Waals surface area contributed by atoms with E-state index in [9.17, 15) is 4.79 Å². The van der Waals surface area contributed by atoms with E-state index in [1.54, 1.807) is 17.4 Å². The molecular weight excluding hydrogens is 405 g/mol. The molecule has 25 heavy (non-hydrogen) atoms. The third-order valence-electron chi connectivity index (χ3n) is 3.33. The molecule has 0 saturated carbocycles. The monoisotopic (exact) mass is 425 g/mol. The highest BCUT2D eigenvalue weighted by molar-refractivity contribution is 7.09. The number of rotatable bonds is 7. The molecule has 1 aromatic heterocycles. The van der Waals surface area contributed by atoms with E-state index in [1.807, 2.05) is 12.3 Å². The Balaban J connectivity index is 0.00000288. The largest absolute Gasteiger partial charge is 0.496 e. The van der Waals surface area contributed by atoms with E-state index in [2.05, 4.69) is 10.3 Å². The number of carbonyl (C=O) groups is 1. The number of carbonyl (C=O) groups excluding carboxylic acids is 1. The highest BCUT2D eigenvalue weighted by Crippen LogP contribution is 2.28. The highest BCUT2D eigenvalue weighted by Gasteiger charge is 2.14. The molecule has 2 aromatic rings. The van der Waals surface area contributed by atoms with Gasteiger partial charge in [-0.3, -0.25) is 4.79 Å². The molecular formula is C16H22Cl3N3O2S. The quantitative estimate of drug-likeness (QED) is 0.511. The molecule has 0 bridgehead atoms. The van der Waals surface area contributed by atoms with E-state index in [0.717, 1.165) is 30.0 Å². The van der Waals surface area contributed by atoms with Gasteiger partial charge in [-0.15, -0.1) is 36.2 Å². The van der Waals surface area contributed by atoms with Crippen molar-refractivity contribution in [2.45, 2.75) is 26.2 Å². The Morgan fingerprint density at radius 2 is 2.08 bits per heavy atom. The number of nitrogens with zero attached hydrogens (tertiary/aromatic N) is 1. The van der Waals surface area contributed by atoms with Gasteiger partial charge in [0.2, 0.25) is 0 Å². The van der Waals surface area contributed by atoms with Crippen LogP contribution in [0.1, 0.15) is 33.9 Å². The van der Waals surface area contributed by atoms with Gasteiger partial charge < -0.3 is 15.8 Å². The molecule has 0 aliphatic heterocycles. The van der Waals surface area contributed by atoms with Crippen LogP contribution >= 0.6 is 47.8 Å². The average molecular weight is 427 g/mol. The van der Waals surface area contributed by atoms with Crippen molar-refractivity contribution in [1.82, 2.24) is 10.3 Å². The van der Waals surface area contributed by atoms with Gasteiger partial charge in [0.1, 0.15) is 5.75 Å². The number of unbranched alkanes of at least 4 members (excludes halogenated alkanes) is 1. The van der Waals surface area contributed by atoms with Crippen LogP contribution in [-0.4, -0.2) is 24.5 Å². The summed E-state index contributed by atoms with van der Waals surface area (Å²) in [6.07, 6.45) is 2.80. The predicted octanol–water partition coefficient (Wildman–Crippen LogP) is 4.29. The number of nitrogens with one attached hydrogen (secondary N) is 1. The second-order valence-electron chi connectivity index (χ2n) is 5.17. The molecule has 0 fully saturated rings. The van der Waals surface area contributed by atoms with Crippen molar-refractivity contribution in [3.63, 3.8) is 0 Å². The van der Waals surface area contributed by atoms with Crippen LogP contribution in [0.25, 0.3) is 0 Å². The molecule has 1 amide bonds. The number of nitrogen functional groups attached to an aromatic ring is 1. The lowest BCUT2D eigenvalue weighted by Crippen LogP contribution is -2.25. The Labute approximate surface area is 169 Å². The van der Waals surface area contributed by atoms with Crippen molar-refractivity contribution in [3.05, 3.63) is 38.8 Å². The predicted molar refractivity (Wildman–Crippen MR) is 109 cm³/mol. The fourth-order valence-corrected chi connectivity index (χ4v) is 3.11. The molecule has 1 aromatic carbocycles. The van der Waals surface area contributed by atoms with Crippen LogP contribution in [0.3, 0.4) is 0 Å². The number of hydrogen-bond donors (Lipinski definition) is 2. The van der Waals surface area contributed by atoms with Crippen LogP contribution in [0.4, 0.5) is 5.69 Å². The van der Waals surface area contributed by atoms with E-state index in [-0.39, 0.29) is 30.7 Å². The number of methoxy groups -OCH3 is 1. The molecule has 0 atom stereocenters. The molecule has 0 radical (unpaired) electrons. The molecule has 2 rings (SSSR count). The van der Waals surface area contributed by atoms with Gasteiger partial charge in [-0.2, -0.15) is 0 Å². The summed E-state index contributed by atoms with van der Waals surface area (Å²) in [5.41, 5.74) is 7.55. The zero-order chi connectivity index (χ0) is 16.8. The Hall–Kier alpha value is -1.21. The minimum atomic E-state index is -0.214. The minimum Gasteiger partial charge on any atom is -0.496 e. The summed E-state index contributed by atoms with van der Waals surface area (Å²) in [7, 11) is 1.50. The number of halogens is 3. The Morgan fingerprint density at radius 1 is 1.36 bits per heavy atom. The van der Waals surface area contributed by atoms with Crippen LogP contribution in [0.15, 0.2) is 17.5 Å². The molecule has 0 spiro atoms. The van der Waals surface area contributed by atoms with Gasteiger partial charge in [0.05, 0.1) is 28.4 Å². The first kappa shape index (κ1) is 23.8. The summed E-state index contributed by atoms with van der Waals surface area (Å²) in [6.45, 7) is 2.58. The summed E-state index contributed by atoms with van der Waals surface area (Å²) in [5, 5.41) is 6.41. The second-order valence-corrected chi connectivity index (χ2v) is 6.52. The Kier molecular flexibility index (Phi) is 10.9. The highest BCUT2D eigenvalue weighted by atomic mass is 35.5. The maximum absolute atomic E-state index is 12.2. The van der Waals surface area contributed by atoms with Crippen LogP contribution in [0.5, 0.6) is 5.75 Å². The standard InChI is InChI=1S/C16H20ClN3O2S.2ClH/c1-10-9-23-15(20-10)5-3-4-6-19-16(21)11-7-12(17)13(18)8-14(11)22-2;;/h7-9H,3-6,18H2,1-2H3,(H,19,21);2*1H. The van der Waals surface area contributed by atoms with E-state index < -0.39 is 0 Å². The topological polar surface area (TPSA) is 77.2 Å². The van der Waals surface area contributed by atoms with Gasteiger partial charge in [-0.25, -0.2) is 4.98 Å². The van der Waals surface area contributed by atoms with Crippen LogP contribution in [0.2, 0.25) is 5.02 Å². The lowest BCUT2D eigenvalue weighted by molar-refractivity contribution is 0.0950. The third kappa shape index (κ3) is 6.90. The molecule has 0 aliphatic rings. The number of nitrogens with two attached hydrogens (primary N) is 1. The van der Waals surface area contributed by atoms with Crippen molar-refractivity contribution in [2.24, 2.45) is 0 Å². The molecule has 0 unspecified atom stereocenters. The number of aryl methyl sites for hydroxylation is 2. The summed E-state index contributed by atoms with van der Waals surface area (Å²) in [4.78, 5) is 16.6. The molecule has 0 aliphatic carbocycles. The number of benzene rings is 1. The fraction of sp³-hybridized carbons (Fsp3) is 0.375. The van der Waals surface area contributed by atoms with Gasteiger partial charge in [0.15, 0.2) is 0 Å². The van der Waals surface area contributed by atoms with Crippen LogP contribution < -0.4 is 15.8 Å². The maximum atomic E-state index is 12.2. The smallest absolute Gasteiger partial charge is 0.255 e. The van der Waals surface area contributed by atoms with Crippen LogP contribution in [-0.2, 0) is 6.42 Å². The molecule has 9 heteroatoms. The Bertz CT molecular complexity index is 695. The molecule has 1 heterocycles. The molecule has 5 nitrogen and oxygen atoms in total. The van der Waals surface area contributed by atoms with E-state index in [0.29, 0.717) is 28.6 Å². The van der Waals surface area contributed by atoms with Crippen molar-refractivity contribution < 1.29 is 9.53 Å². The number of aromatic nitrogens is 1. The third-order valence-corrected chi connectivity index (χ3v) is 4.69. The minimum absolute atomic E-state index is 0. The van der Waals surface area contributed by atoms with Gasteiger partial charge in [0.25, 0.3) is 5.91 Å². The van der Waals surface area contributed by atoms with Crippen molar-refractivity contribution in [2.75, 3.05) is 19.4 Å². The number of thiazole rings is 1. The van der Waals surface area contributed by atoms with E-state index >= 15 is 0 Å². The van der Waals surface area contributed by atoms with Gasteiger partial charge in [-0.1, -0.05) is 11.6 Å².